The number of ether oxygens (including phenoxy) is 1. The molecule has 3 rings (SSSR count). The number of nitrogens with zero attached hydrogens (tertiary/aromatic N) is 4. The molecule has 0 aliphatic heterocycles. The number of aryl methyl sites for hydroxylation is 1. The van der Waals surface area contributed by atoms with Crippen molar-refractivity contribution in [1.29, 1.82) is 0 Å². The maximum Gasteiger partial charge on any atom is 0.271 e. The normalized spacial score (nSPS) is 11.2. The Hall–Kier alpha value is -3.12. The van der Waals surface area contributed by atoms with Crippen LogP contribution in [0.25, 0.3) is 0 Å². The highest BCUT2D eigenvalue weighted by molar-refractivity contribution is 7.99. The Morgan fingerprint density at radius 2 is 1.93 bits per heavy atom. The van der Waals surface area contributed by atoms with Crippen molar-refractivity contribution in [3.8, 4) is 5.75 Å². The molecule has 0 spiro atoms. The fraction of sp³-hybridized carbons (Fsp3) is 0.125. The minimum Gasteiger partial charge on any atom is -0.495 e. The van der Waals surface area contributed by atoms with Gasteiger partial charge in [-0.15, -0.1) is 10.2 Å². The second-order valence-corrected chi connectivity index (χ2v) is 8.24. The third-order valence-corrected chi connectivity index (χ3v) is 6.10. The summed E-state index contributed by atoms with van der Waals surface area (Å²) in [6.45, 7) is 0. The molecule has 10 nitrogen and oxygen atoms in total. The lowest BCUT2D eigenvalue weighted by Gasteiger charge is -2.12. The van der Waals surface area contributed by atoms with Crippen LogP contribution in [0.15, 0.2) is 63.7 Å². The molecule has 146 valence electrons. The summed E-state index contributed by atoms with van der Waals surface area (Å²) in [4.78, 5) is 10.8. The number of hydrogen-bond acceptors (Lipinski definition) is 8. The highest BCUT2D eigenvalue weighted by Crippen LogP contribution is 2.31. The Morgan fingerprint density at radius 1 is 1.21 bits per heavy atom. The van der Waals surface area contributed by atoms with Crippen molar-refractivity contribution in [2.24, 2.45) is 7.05 Å². The van der Waals surface area contributed by atoms with Crippen LogP contribution in [-0.4, -0.2) is 35.2 Å². The number of hydrogen-bond donors (Lipinski definition) is 1. The predicted molar refractivity (Wildman–Crippen MR) is 102 cm³/mol. The molecule has 2 aromatic carbocycles. The summed E-state index contributed by atoms with van der Waals surface area (Å²) in [5.74, 6) is 0.00700. The molecule has 0 unspecified atom stereocenters. The molecule has 28 heavy (non-hydrogen) atoms. The van der Waals surface area contributed by atoms with E-state index in [0.29, 0.717) is 10.8 Å². The first-order valence-electron chi connectivity index (χ1n) is 7.77. The molecule has 1 aromatic heterocycles. The molecule has 0 aliphatic rings. The molecule has 0 fully saturated rings. The van der Waals surface area contributed by atoms with Crippen molar-refractivity contribution in [2.75, 3.05) is 11.8 Å². The summed E-state index contributed by atoms with van der Waals surface area (Å²) in [5, 5.41) is 19.4. The van der Waals surface area contributed by atoms with Gasteiger partial charge in [0, 0.05) is 29.8 Å². The van der Waals surface area contributed by atoms with Crippen LogP contribution in [0.2, 0.25) is 0 Å². The quantitative estimate of drug-likeness (QED) is 0.455. The predicted octanol–water partition coefficient (Wildman–Crippen LogP) is 2.68. The number of anilines is 1. The third-order valence-electron chi connectivity index (χ3n) is 3.63. The SMILES string of the molecule is COc1ccc([N+](=O)[O-])cc1S(=O)(=O)Nc1ccc(Sc2nncn2C)cc1. The fourth-order valence-corrected chi connectivity index (χ4v) is 4.27. The Balaban J connectivity index is 1.83. The topological polar surface area (TPSA) is 129 Å². The van der Waals surface area contributed by atoms with E-state index in [0.717, 1.165) is 11.0 Å². The standard InChI is InChI=1S/C16H15N5O5S2/c1-20-10-17-18-16(20)27-13-6-3-11(4-7-13)19-28(24,25)15-9-12(21(22)23)5-8-14(15)26-2/h3-10,19H,1-2H3. The van der Waals surface area contributed by atoms with Crippen LogP contribution in [0.4, 0.5) is 11.4 Å². The zero-order chi connectivity index (χ0) is 20.3. The minimum absolute atomic E-state index is 0.00700. The third kappa shape index (κ3) is 4.23. The monoisotopic (exact) mass is 421 g/mol. The number of aromatic nitrogens is 3. The summed E-state index contributed by atoms with van der Waals surface area (Å²) < 4.78 is 34.6. The number of non-ortho nitro benzene ring substituents is 1. The van der Waals surface area contributed by atoms with Gasteiger partial charge < -0.3 is 9.30 Å². The van der Waals surface area contributed by atoms with E-state index in [1.54, 1.807) is 35.2 Å². The highest BCUT2D eigenvalue weighted by atomic mass is 32.2. The Morgan fingerprint density at radius 3 is 2.50 bits per heavy atom. The maximum atomic E-state index is 12.7. The van der Waals surface area contributed by atoms with Crippen molar-refractivity contribution in [3.63, 3.8) is 0 Å². The van der Waals surface area contributed by atoms with Crippen molar-refractivity contribution in [3.05, 3.63) is 58.9 Å². The molecule has 0 amide bonds. The average Bonchev–Trinajstić information content (AvgIpc) is 3.07. The number of methoxy groups -OCH3 is 1. The minimum atomic E-state index is -4.09. The lowest BCUT2D eigenvalue weighted by Crippen LogP contribution is -2.14. The molecule has 0 radical (unpaired) electrons. The number of nitro benzene ring substituents is 1. The first-order chi connectivity index (χ1) is 13.3. The first kappa shape index (κ1) is 19.6. The molecule has 12 heteroatoms. The van der Waals surface area contributed by atoms with Gasteiger partial charge in [-0.25, -0.2) is 8.42 Å². The Bertz CT molecular complexity index is 1110. The van der Waals surface area contributed by atoms with Crippen molar-refractivity contribution >= 4 is 33.2 Å². The van der Waals surface area contributed by atoms with E-state index in [1.165, 1.54) is 31.0 Å². The van der Waals surface area contributed by atoms with Gasteiger partial charge in [0.1, 0.15) is 17.0 Å². The number of nitrogens with one attached hydrogen (secondary N) is 1. The van der Waals surface area contributed by atoms with Gasteiger partial charge in [0.05, 0.1) is 12.0 Å². The van der Waals surface area contributed by atoms with Crippen LogP contribution >= 0.6 is 11.8 Å². The van der Waals surface area contributed by atoms with Gasteiger partial charge in [-0.2, -0.15) is 0 Å². The number of nitro groups is 1. The summed E-state index contributed by atoms with van der Waals surface area (Å²) in [7, 11) is -0.987. The van der Waals surface area contributed by atoms with Crippen LogP contribution in [0.5, 0.6) is 5.75 Å². The number of benzene rings is 2. The summed E-state index contributed by atoms with van der Waals surface area (Å²) in [6.07, 6.45) is 1.58. The van der Waals surface area contributed by atoms with E-state index in [-0.39, 0.29) is 16.3 Å². The van der Waals surface area contributed by atoms with E-state index in [4.69, 9.17) is 4.74 Å². The molecule has 3 aromatic rings. The summed E-state index contributed by atoms with van der Waals surface area (Å²) in [5.41, 5.74) is -0.0486. The van der Waals surface area contributed by atoms with Crippen LogP contribution < -0.4 is 9.46 Å². The highest BCUT2D eigenvalue weighted by Gasteiger charge is 2.23. The molecule has 1 N–H and O–H groups in total. The van der Waals surface area contributed by atoms with Gasteiger partial charge in [-0.1, -0.05) is 0 Å². The lowest BCUT2D eigenvalue weighted by molar-refractivity contribution is -0.385. The molecule has 1 heterocycles. The van der Waals surface area contributed by atoms with Crippen LogP contribution in [0, 0.1) is 10.1 Å². The molecule has 0 saturated carbocycles. The molecular formula is C16H15N5O5S2. The fourth-order valence-electron chi connectivity index (χ4n) is 2.26. The van der Waals surface area contributed by atoms with Crippen LogP contribution in [0.1, 0.15) is 0 Å². The Labute approximate surface area is 164 Å². The van der Waals surface area contributed by atoms with E-state index in [9.17, 15) is 18.5 Å². The van der Waals surface area contributed by atoms with E-state index in [1.807, 2.05) is 7.05 Å². The van der Waals surface area contributed by atoms with Gasteiger partial charge in [0.25, 0.3) is 15.7 Å². The average molecular weight is 421 g/mol. The molecule has 0 atom stereocenters. The largest absolute Gasteiger partial charge is 0.495 e. The molecule has 0 bridgehead atoms. The van der Waals surface area contributed by atoms with Crippen LogP contribution in [-0.2, 0) is 17.1 Å². The van der Waals surface area contributed by atoms with Gasteiger partial charge in [-0.05, 0) is 42.1 Å². The Kier molecular flexibility index (Phi) is 5.51. The van der Waals surface area contributed by atoms with Gasteiger partial charge in [-0.3, -0.25) is 14.8 Å². The van der Waals surface area contributed by atoms with Gasteiger partial charge >= 0.3 is 0 Å². The summed E-state index contributed by atoms with van der Waals surface area (Å²) in [6, 6.07) is 9.99. The molecule has 0 saturated heterocycles. The van der Waals surface area contributed by atoms with E-state index < -0.39 is 14.9 Å². The van der Waals surface area contributed by atoms with E-state index in [2.05, 4.69) is 14.9 Å². The number of rotatable bonds is 7. The summed E-state index contributed by atoms with van der Waals surface area (Å²) >= 11 is 1.37. The zero-order valence-electron chi connectivity index (χ0n) is 14.8. The molecule has 0 aliphatic carbocycles. The van der Waals surface area contributed by atoms with Crippen molar-refractivity contribution < 1.29 is 18.1 Å². The second kappa shape index (κ2) is 7.86. The van der Waals surface area contributed by atoms with Gasteiger partial charge in [0.15, 0.2) is 5.16 Å². The number of sulfonamides is 1. The zero-order valence-corrected chi connectivity index (χ0v) is 16.4. The lowest BCUT2D eigenvalue weighted by atomic mass is 10.3. The molecular weight excluding hydrogens is 406 g/mol. The maximum absolute atomic E-state index is 12.7. The smallest absolute Gasteiger partial charge is 0.271 e. The van der Waals surface area contributed by atoms with Crippen molar-refractivity contribution in [1.82, 2.24) is 14.8 Å². The van der Waals surface area contributed by atoms with E-state index >= 15 is 0 Å². The van der Waals surface area contributed by atoms with Crippen molar-refractivity contribution in [2.45, 2.75) is 14.9 Å². The van der Waals surface area contributed by atoms with Crippen LogP contribution in [0.3, 0.4) is 0 Å². The van der Waals surface area contributed by atoms with Gasteiger partial charge in [0.2, 0.25) is 0 Å². The second-order valence-electron chi connectivity index (χ2n) is 5.55. The first-order valence-corrected chi connectivity index (χ1v) is 10.1.